The fourth-order valence-corrected chi connectivity index (χ4v) is 2.61. The molecule has 0 spiro atoms. The lowest BCUT2D eigenvalue weighted by Crippen LogP contribution is -2.39. The number of aromatic nitrogens is 1. The first-order valence-electron chi connectivity index (χ1n) is 5.36. The Morgan fingerprint density at radius 3 is 2.88 bits per heavy atom. The molecule has 0 saturated heterocycles. The molecule has 1 aliphatic rings. The van der Waals surface area contributed by atoms with Gasteiger partial charge in [0.05, 0.1) is 0 Å². The molecule has 94 valence electrons. The molecule has 1 heterocycles. The zero-order valence-electron chi connectivity index (χ0n) is 9.14. The maximum atomic E-state index is 13.3. The summed E-state index contributed by atoms with van der Waals surface area (Å²) in [7, 11) is -3.91. The number of hydrogen-bond donors (Lipinski definition) is 2. The molecule has 0 radical (unpaired) electrons. The minimum absolute atomic E-state index is 0.114. The number of pyridine rings is 1. The molecule has 3 N–H and O–H groups in total. The minimum atomic E-state index is -3.91. The van der Waals surface area contributed by atoms with Crippen LogP contribution in [0, 0.1) is 11.7 Å². The van der Waals surface area contributed by atoms with E-state index in [0.29, 0.717) is 5.92 Å². The molecule has 1 aliphatic carbocycles. The van der Waals surface area contributed by atoms with Crippen LogP contribution in [0.5, 0.6) is 0 Å². The highest BCUT2D eigenvalue weighted by atomic mass is 32.2. The number of nitrogens with one attached hydrogen (secondary N) is 1. The molecule has 7 heteroatoms. The first kappa shape index (κ1) is 12.4. The normalized spacial score (nSPS) is 18.0. The van der Waals surface area contributed by atoms with E-state index >= 15 is 0 Å². The molecule has 5 nitrogen and oxygen atoms in total. The first-order valence-corrected chi connectivity index (χ1v) is 6.85. The second kappa shape index (κ2) is 4.67. The van der Waals surface area contributed by atoms with E-state index in [2.05, 4.69) is 9.71 Å². The van der Waals surface area contributed by atoms with E-state index < -0.39 is 20.9 Å². The van der Waals surface area contributed by atoms with Crippen molar-refractivity contribution in [1.29, 1.82) is 0 Å². The van der Waals surface area contributed by atoms with Crippen LogP contribution in [0.2, 0.25) is 0 Å². The van der Waals surface area contributed by atoms with Gasteiger partial charge in [0.1, 0.15) is 0 Å². The van der Waals surface area contributed by atoms with E-state index in [1.165, 1.54) is 12.3 Å². The van der Waals surface area contributed by atoms with Crippen molar-refractivity contribution in [3.63, 3.8) is 0 Å². The molecule has 1 atom stereocenters. The van der Waals surface area contributed by atoms with Crippen molar-refractivity contribution in [2.24, 2.45) is 11.7 Å². The fourth-order valence-electron chi connectivity index (χ4n) is 1.53. The summed E-state index contributed by atoms with van der Waals surface area (Å²) in [6, 6.07) is 2.18. The topological polar surface area (TPSA) is 85.1 Å². The van der Waals surface area contributed by atoms with E-state index in [1.807, 2.05) is 0 Å². The Hall–Kier alpha value is -1.05. The molecule has 1 fully saturated rings. The second-order valence-electron chi connectivity index (χ2n) is 4.14. The molecule has 1 unspecified atom stereocenters. The van der Waals surface area contributed by atoms with Crippen molar-refractivity contribution in [2.75, 3.05) is 6.54 Å². The lowest BCUT2D eigenvalue weighted by atomic mass is 10.2. The molecule has 0 bridgehead atoms. The summed E-state index contributed by atoms with van der Waals surface area (Å²) >= 11 is 0. The Balaban J connectivity index is 2.05. The average molecular weight is 259 g/mol. The van der Waals surface area contributed by atoms with Crippen LogP contribution in [0.15, 0.2) is 23.4 Å². The zero-order chi connectivity index (χ0) is 12.5. The van der Waals surface area contributed by atoms with Gasteiger partial charge in [-0.15, -0.1) is 0 Å². The molecule has 0 aromatic carbocycles. The van der Waals surface area contributed by atoms with Crippen molar-refractivity contribution in [3.05, 3.63) is 24.1 Å². The molecular weight excluding hydrogens is 245 g/mol. The van der Waals surface area contributed by atoms with Gasteiger partial charge in [-0.3, -0.25) is 0 Å². The molecule has 1 saturated carbocycles. The highest BCUT2D eigenvalue weighted by molar-refractivity contribution is 7.89. The van der Waals surface area contributed by atoms with E-state index in [0.717, 1.165) is 18.9 Å². The van der Waals surface area contributed by atoms with Crippen molar-refractivity contribution in [2.45, 2.75) is 23.9 Å². The maximum absolute atomic E-state index is 13.3. The Kier molecular flexibility index (Phi) is 3.41. The van der Waals surface area contributed by atoms with E-state index in [-0.39, 0.29) is 12.6 Å². The van der Waals surface area contributed by atoms with Gasteiger partial charge in [0.15, 0.2) is 5.82 Å². The third-order valence-corrected chi connectivity index (χ3v) is 4.07. The van der Waals surface area contributed by atoms with Crippen LogP contribution < -0.4 is 10.5 Å². The van der Waals surface area contributed by atoms with Crippen LogP contribution in [0.25, 0.3) is 0 Å². The lowest BCUT2D eigenvalue weighted by Gasteiger charge is -2.11. The third-order valence-electron chi connectivity index (χ3n) is 2.72. The van der Waals surface area contributed by atoms with Gasteiger partial charge in [-0.1, -0.05) is 0 Å². The molecule has 17 heavy (non-hydrogen) atoms. The Bertz CT molecular complexity index is 502. The number of nitrogens with zero attached hydrogens (tertiary/aromatic N) is 1. The van der Waals surface area contributed by atoms with Gasteiger partial charge in [0.2, 0.25) is 5.03 Å². The van der Waals surface area contributed by atoms with Gasteiger partial charge in [0, 0.05) is 18.8 Å². The van der Waals surface area contributed by atoms with Crippen molar-refractivity contribution >= 4 is 10.0 Å². The van der Waals surface area contributed by atoms with E-state index in [4.69, 9.17) is 5.73 Å². The van der Waals surface area contributed by atoms with Crippen LogP contribution in [-0.4, -0.2) is 26.0 Å². The SMILES string of the molecule is NC(CNS(=O)(=O)c1ncccc1F)C1CC1. The summed E-state index contributed by atoms with van der Waals surface area (Å²) in [6.07, 6.45) is 3.29. The van der Waals surface area contributed by atoms with Crippen LogP contribution in [0.4, 0.5) is 4.39 Å². The molecule has 0 amide bonds. The highest BCUT2D eigenvalue weighted by Crippen LogP contribution is 2.31. The number of halogens is 1. The van der Waals surface area contributed by atoms with Crippen LogP contribution >= 0.6 is 0 Å². The van der Waals surface area contributed by atoms with Gasteiger partial charge in [-0.2, -0.15) is 0 Å². The minimum Gasteiger partial charge on any atom is -0.326 e. The molecular formula is C10H14FN3O2S. The standard InChI is InChI=1S/C10H14FN3O2S/c11-8-2-1-5-13-10(8)17(15,16)14-6-9(12)7-3-4-7/h1-2,5,7,9,14H,3-4,6,12H2. The van der Waals surface area contributed by atoms with Crippen LogP contribution in [-0.2, 0) is 10.0 Å². The van der Waals surface area contributed by atoms with Crippen molar-refractivity contribution in [3.8, 4) is 0 Å². The monoisotopic (exact) mass is 259 g/mol. The fraction of sp³-hybridized carbons (Fsp3) is 0.500. The lowest BCUT2D eigenvalue weighted by molar-refractivity contribution is 0.528. The van der Waals surface area contributed by atoms with Gasteiger partial charge in [0.25, 0.3) is 10.0 Å². The van der Waals surface area contributed by atoms with Crippen LogP contribution in [0.3, 0.4) is 0 Å². The smallest absolute Gasteiger partial charge is 0.261 e. The Morgan fingerprint density at radius 1 is 1.59 bits per heavy atom. The number of sulfonamides is 1. The summed E-state index contributed by atoms with van der Waals surface area (Å²) < 4.78 is 39.0. The summed E-state index contributed by atoms with van der Waals surface area (Å²) in [5.41, 5.74) is 5.76. The van der Waals surface area contributed by atoms with Crippen molar-refractivity contribution in [1.82, 2.24) is 9.71 Å². The Labute approximate surface area is 99.3 Å². The first-order chi connectivity index (χ1) is 8.00. The third kappa shape index (κ3) is 2.99. The van der Waals surface area contributed by atoms with E-state index in [9.17, 15) is 12.8 Å². The second-order valence-corrected chi connectivity index (χ2v) is 5.83. The van der Waals surface area contributed by atoms with Crippen molar-refractivity contribution < 1.29 is 12.8 Å². The summed E-state index contributed by atoms with van der Waals surface area (Å²) in [5.74, 6) is -0.480. The number of hydrogen-bond acceptors (Lipinski definition) is 4. The quantitative estimate of drug-likeness (QED) is 0.793. The molecule has 1 aromatic heterocycles. The molecule has 1 aromatic rings. The highest BCUT2D eigenvalue weighted by Gasteiger charge is 2.30. The average Bonchev–Trinajstić information content (AvgIpc) is 3.10. The predicted molar refractivity (Wildman–Crippen MR) is 60.1 cm³/mol. The van der Waals surface area contributed by atoms with Gasteiger partial charge < -0.3 is 5.73 Å². The van der Waals surface area contributed by atoms with Crippen LogP contribution in [0.1, 0.15) is 12.8 Å². The molecule has 0 aliphatic heterocycles. The number of nitrogens with two attached hydrogens (primary N) is 1. The van der Waals surface area contributed by atoms with Gasteiger partial charge >= 0.3 is 0 Å². The zero-order valence-corrected chi connectivity index (χ0v) is 9.95. The van der Waals surface area contributed by atoms with Gasteiger partial charge in [-0.25, -0.2) is 22.5 Å². The Morgan fingerprint density at radius 2 is 2.29 bits per heavy atom. The maximum Gasteiger partial charge on any atom is 0.261 e. The summed E-state index contributed by atoms with van der Waals surface area (Å²) in [6.45, 7) is 0.114. The van der Waals surface area contributed by atoms with E-state index in [1.54, 1.807) is 0 Å². The van der Waals surface area contributed by atoms with Gasteiger partial charge in [-0.05, 0) is 30.9 Å². The molecule has 2 rings (SSSR count). The number of rotatable bonds is 5. The predicted octanol–water partition coefficient (Wildman–Crippen LogP) is 0.236. The largest absolute Gasteiger partial charge is 0.326 e. The summed E-state index contributed by atoms with van der Waals surface area (Å²) in [5, 5.41) is -0.581. The summed E-state index contributed by atoms with van der Waals surface area (Å²) in [4.78, 5) is 3.52.